The van der Waals surface area contributed by atoms with Crippen LogP contribution in [0.4, 0.5) is 0 Å². The predicted octanol–water partition coefficient (Wildman–Crippen LogP) is 1.81. The third-order valence-electron chi connectivity index (χ3n) is 2.93. The Morgan fingerprint density at radius 2 is 2.29 bits per heavy atom. The average molecular weight is 216 g/mol. The Balaban J connectivity index is 2.26. The van der Waals surface area contributed by atoms with Crippen LogP contribution in [-0.4, -0.2) is 48.6 Å². The molecule has 2 nitrogen and oxygen atoms in total. The van der Waals surface area contributed by atoms with Crippen LogP contribution in [0.3, 0.4) is 0 Å². The van der Waals surface area contributed by atoms with E-state index in [9.17, 15) is 0 Å². The van der Waals surface area contributed by atoms with Crippen molar-refractivity contribution < 1.29 is 0 Å². The standard InChI is InChI=1S/C11H24N2S/c1-10(2)13(7-8-14-3)9-11-5-4-6-12-11/h10-12H,4-9H2,1-3H3. The predicted molar refractivity (Wildman–Crippen MR) is 66.1 cm³/mol. The molecule has 1 N–H and O–H groups in total. The highest BCUT2D eigenvalue weighted by Crippen LogP contribution is 2.09. The zero-order valence-electron chi connectivity index (χ0n) is 9.75. The Morgan fingerprint density at radius 3 is 2.79 bits per heavy atom. The molecule has 1 aliphatic heterocycles. The van der Waals surface area contributed by atoms with Crippen LogP contribution in [0.5, 0.6) is 0 Å². The molecule has 14 heavy (non-hydrogen) atoms. The van der Waals surface area contributed by atoms with Crippen LogP contribution in [0.1, 0.15) is 26.7 Å². The van der Waals surface area contributed by atoms with Crippen molar-refractivity contribution in [3.8, 4) is 0 Å². The van der Waals surface area contributed by atoms with Crippen LogP contribution in [0, 0.1) is 0 Å². The van der Waals surface area contributed by atoms with Gasteiger partial charge in [0.1, 0.15) is 0 Å². The summed E-state index contributed by atoms with van der Waals surface area (Å²) in [5.41, 5.74) is 0. The number of nitrogens with one attached hydrogen (secondary N) is 1. The molecule has 0 aromatic rings. The molecular weight excluding hydrogens is 192 g/mol. The van der Waals surface area contributed by atoms with E-state index in [0.717, 1.165) is 6.04 Å². The van der Waals surface area contributed by atoms with Crippen molar-refractivity contribution in [1.29, 1.82) is 0 Å². The Kier molecular flexibility index (Phi) is 5.90. The van der Waals surface area contributed by atoms with Gasteiger partial charge in [-0.25, -0.2) is 0 Å². The van der Waals surface area contributed by atoms with Gasteiger partial charge in [0.15, 0.2) is 0 Å². The summed E-state index contributed by atoms with van der Waals surface area (Å²) in [6.07, 6.45) is 4.91. The molecule has 0 bridgehead atoms. The van der Waals surface area contributed by atoms with E-state index < -0.39 is 0 Å². The summed E-state index contributed by atoms with van der Waals surface area (Å²) in [6, 6.07) is 1.43. The second kappa shape index (κ2) is 6.70. The van der Waals surface area contributed by atoms with Crippen molar-refractivity contribution in [1.82, 2.24) is 10.2 Å². The molecule has 1 unspecified atom stereocenters. The Morgan fingerprint density at radius 1 is 1.50 bits per heavy atom. The molecule has 1 aliphatic rings. The van der Waals surface area contributed by atoms with Gasteiger partial charge in [0, 0.05) is 30.9 Å². The molecule has 1 fully saturated rings. The summed E-state index contributed by atoms with van der Waals surface area (Å²) in [5.74, 6) is 1.25. The monoisotopic (exact) mass is 216 g/mol. The number of nitrogens with zero attached hydrogens (tertiary/aromatic N) is 1. The lowest BCUT2D eigenvalue weighted by Gasteiger charge is -2.29. The Labute approximate surface area is 92.8 Å². The van der Waals surface area contributed by atoms with E-state index in [4.69, 9.17) is 0 Å². The first-order valence-electron chi connectivity index (χ1n) is 5.70. The fraction of sp³-hybridized carbons (Fsp3) is 1.00. The van der Waals surface area contributed by atoms with Crippen LogP contribution in [0.2, 0.25) is 0 Å². The van der Waals surface area contributed by atoms with E-state index in [-0.39, 0.29) is 0 Å². The summed E-state index contributed by atoms with van der Waals surface area (Å²) in [6.45, 7) is 8.29. The Hall–Kier alpha value is 0.270. The first-order chi connectivity index (χ1) is 6.74. The summed E-state index contributed by atoms with van der Waals surface area (Å²) >= 11 is 1.94. The van der Waals surface area contributed by atoms with Gasteiger partial charge < -0.3 is 5.32 Å². The van der Waals surface area contributed by atoms with Crippen LogP contribution in [-0.2, 0) is 0 Å². The number of hydrogen-bond acceptors (Lipinski definition) is 3. The van der Waals surface area contributed by atoms with Crippen LogP contribution in [0.25, 0.3) is 0 Å². The topological polar surface area (TPSA) is 15.3 Å². The third-order valence-corrected chi connectivity index (χ3v) is 3.52. The van der Waals surface area contributed by atoms with E-state index in [1.165, 1.54) is 38.2 Å². The fourth-order valence-electron chi connectivity index (χ4n) is 1.96. The third kappa shape index (κ3) is 4.20. The molecule has 0 spiro atoms. The summed E-state index contributed by atoms with van der Waals surface area (Å²) in [4.78, 5) is 2.60. The van der Waals surface area contributed by atoms with E-state index in [0.29, 0.717) is 6.04 Å². The molecule has 0 amide bonds. The van der Waals surface area contributed by atoms with Gasteiger partial charge in [-0.15, -0.1) is 0 Å². The van der Waals surface area contributed by atoms with Crippen LogP contribution >= 0.6 is 11.8 Å². The summed E-state index contributed by atoms with van der Waals surface area (Å²) in [7, 11) is 0. The van der Waals surface area contributed by atoms with E-state index in [2.05, 4.69) is 30.3 Å². The molecule has 0 aromatic heterocycles. The first-order valence-corrected chi connectivity index (χ1v) is 7.09. The molecule has 0 aliphatic carbocycles. The average Bonchev–Trinajstić information content (AvgIpc) is 2.64. The SMILES string of the molecule is CSCCN(CC1CCCN1)C(C)C. The van der Waals surface area contributed by atoms with Crippen LogP contribution in [0.15, 0.2) is 0 Å². The zero-order chi connectivity index (χ0) is 10.4. The van der Waals surface area contributed by atoms with Gasteiger partial charge in [0.25, 0.3) is 0 Å². The second-order valence-corrected chi connectivity index (χ2v) is 5.36. The zero-order valence-corrected chi connectivity index (χ0v) is 10.6. The minimum absolute atomic E-state index is 0.685. The Bertz CT molecular complexity index is 144. The molecule has 0 aromatic carbocycles. The van der Waals surface area contributed by atoms with Gasteiger partial charge in [-0.1, -0.05) is 0 Å². The van der Waals surface area contributed by atoms with E-state index in [1.807, 2.05) is 11.8 Å². The molecule has 1 saturated heterocycles. The van der Waals surface area contributed by atoms with Gasteiger partial charge >= 0.3 is 0 Å². The quantitative estimate of drug-likeness (QED) is 0.729. The van der Waals surface area contributed by atoms with E-state index >= 15 is 0 Å². The largest absolute Gasteiger partial charge is 0.313 e. The van der Waals surface area contributed by atoms with Gasteiger partial charge in [-0.05, 0) is 39.5 Å². The second-order valence-electron chi connectivity index (χ2n) is 4.37. The molecule has 1 heterocycles. The van der Waals surface area contributed by atoms with Crippen molar-refractivity contribution in [3.05, 3.63) is 0 Å². The van der Waals surface area contributed by atoms with Crippen molar-refractivity contribution in [2.75, 3.05) is 31.6 Å². The first kappa shape index (κ1) is 12.3. The highest BCUT2D eigenvalue weighted by molar-refractivity contribution is 7.98. The minimum Gasteiger partial charge on any atom is -0.313 e. The van der Waals surface area contributed by atoms with Gasteiger partial charge in [0.2, 0.25) is 0 Å². The van der Waals surface area contributed by atoms with Crippen LogP contribution < -0.4 is 5.32 Å². The number of thioether (sulfide) groups is 1. The smallest absolute Gasteiger partial charge is 0.0195 e. The fourth-order valence-corrected chi connectivity index (χ4v) is 2.38. The van der Waals surface area contributed by atoms with Crippen molar-refractivity contribution in [2.24, 2.45) is 0 Å². The number of rotatable bonds is 6. The van der Waals surface area contributed by atoms with Crippen molar-refractivity contribution >= 4 is 11.8 Å². The highest BCUT2D eigenvalue weighted by atomic mass is 32.2. The highest BCUT2D eigenvalue weighted by Gasteiger charge is 2.18. The van der Waals surface area contributed by atoms with Gasteiger partial charge in [-0.3, -0.25) is 4.90 Å². The maximum atomic E-state index is 3.57. The lowest BCUT2D eigenvalue weighted by atomic mass is 10.2. The van der Waals surface area contributed by atoms with Crippen molar-refractivity contribution in [2.45, 2.75) is 38.8 Å². The molecule has 1 atom stereocenters. The molecule has 0 saturated carbocycles. The molecule has 1 rings (SSSR count). The number of hydrogen-bond donors (Lipinski definition) is 1. The molecular formula is C11H24N2S. The minimum atomic E-state index is 0.685. The van der Waals surface area contributed by atoms with E-state index in [1.54, 1.807) is 0 Å². The lowest BCUT2D eigenvalue weighted by Crippen LogP contribution is -2.42. The maximum absolute atomic E-state index is 3.57. The van der Waals surface area contributed by atoms with Crippen molar-refractivity contribution in [3.63, 3.8) is 0 Å². The molecule has 84 valence electrons. The maximum Gasteiger partial charge on any atom is 0.0195 e. The lowest BCUT2D eigenvalue weighted by molar-refractivity contribution is 0.215. The normalized spacial score (nSPS) is 22.5. The summed E-state index contributed by atoms with van der Waals surface area (Å²) < 4.78 is 0. The van der Waals surface area contributed by atoms with Gasteiger partial charge in [-0.2, -0.15) is 11.8 Å². The van der Waals surface area contributed by atoms with Gasteiger partial charge in [0.05, 0.1) is 0 Å². The summed E-state index contributed by atoms with van der Waals surface area (Å²) in [5, 5.41) is 3.57. The molecule has 0 radical (unpaired) electrons. The molecule has 3 heteroatoms.